The SMILES string of the molecule is CCn1cc(S(N)(=O)=O)cc1C(=O)N1CCCC(C)(C)C1. The fourth-order valence-corrected chi connectivity index (χ4v) is 3.39. The number of piperidine rings is 1. The van der Waals surface area contributed by atoms with Gasteiger partial charge in [0.1, 0.15) is 10.6 Å². The highest BCUT2D eigenvalue weighted by atomic mass is 32.2. The molecule has 1 aromatic rings. The van der Waals surface area contributed by atoms with Crippen molar-refractivity contribution in [2.45, 2.75) is 45.1 Å². The van der Waals surface area contributed by atoms with Crippen molar-refractivity contribution in [3.05, 3.63) is 18.0 Å². The zero-order chi connectivity index (χ0) is 15.8. The van der Waals surface area contributed by atoms with Crippen LogP contribution in [0.15, 0.2) is 17.2 Å². The molecule has 0 radical (unpaired) electrons. The Labute approximate surface area is 126 Å². The molecule has 7 heteroatoms. The maximum absolute atomic E-state index is 12.7. The highest BCUT2D eigenvalue weighted by Gasteiger charge is 2.31. The van der Waals surface area contributed by atoms with Crippen LogP contribution in [0, 0.1) is 5.41 Å². The van der Waals surface area contributed by atoms with Gasteiger partial charge in [-0.1, -0.05) is 13.8 Å². The molecule has 2 N–H and O–H groups in total. The van der Waals surface area contributed by atoms with Gasteiger partial charge in [-0.05, 0) is 31.2 Å². The lowest BCUT2D eigenvalue weighted by Crippen LogP contribution is -2.44. The minimum absolute atomic E-state index is 0.0102. The van der Waals surface area contributed by atoms with Gasteiger partial charge in [-0.15, -0.1) is 0 Å². The first-order valence-electron chi connectivity index (χ1n) is 7.16. The van der Waals surface area contributed by atoms with Crippen molar-refractivity contribution in [1.29, 1.82) is 0 Å². The van der Waals surface area contributed by atoms with Crippen molar-refractivity contribution >= 4 is 15.9 Å². The Kier molecular flexibility index (Phi) is 4.17. The van der Waals surface area contributed by atoms with Crippen LogP contribution in [-0.4, -0.2) is 36.9 Å². The summed E-state index contributed by atoms with van der Waals surface area (Å²) >= 11 is 0. The van der Waals surface area contributed by atoms with Crippen molar-refractivity contribution in [2.75, 3.05) is 13.1 Å². The molecule has 0 unspecified atom stereocenters. The van der Waals surface area contributed by atoms with E-state index in [0.29, 0.717) is 25.3 Å². The lowest BCUT2D eigenvalue weighted by molar-refractivity contribution is 0.0573. The number of aryl methyl sites for hydroxylation is 1. The average molecular weight is 313 g/mol. The minimum atomic E-state index is -3.79. The average Bonchev–Trinajstić information content (AvgIpc) is 2.80. The smallest absolute Gasteiger partial charge is 0.270 e. The first-order valence-corrected chi connectivity index (χ1v) is 8.71. The summed E-state index contributed by atoms with van der Waals surface area (Å²) in [5, 5.41) is 5.15. The molecule has 0 bridgehead atoms. The number of primary sulfonamides is 1. The molecule has 1 saturated heterocycles. The van der Waals surface area contributed by atoms with Crippen LogP contribution in [0.3, 0.4) is 0 Å². The molecule has 0 aromatic carbocycles. The maximum Gasteiger partial charge on any atom is 0.270 e. The van der Waals surface area contributed by atoms with E-state index >= 15 is 0 Å². The molecule has 2 rings (SSSR count). The van der Waals surface area contributed by atoms with E-state index in [2.05, 4.69) is 13.8 Å². The van der Waals surface area contributed by atoms with Crippen LogP contribution >= 0.6 is 0 Å². The summed E-state index contributed by atoms with van der Waals surface area (Å²) in [5.41, 5.74) is 0.486. The number of nitrogens with two attached hydrogens (primary N) is 1. The Hall–Kier alpha value is -1.34. The van der Waals surface area contributed by atoms with Crippen LogP contribution in [0.4, 0.5) is 0 Å². The molecule has 0 spiro atoms. The molecule has 1 aliphatic heterocycles. The Bertz CT molecular complexity index is 646. The van der Waals surface area contributed by atoms with Crippen molar-refractivity contribution < 1.29 is 13.2 Å². The molecule has 0 saturated carbocycles. The van der Waals surface area contributed by atoms with Gasteiger partial charge >= 0.3 is 0 Å². The Morgan fingerprint density at radius 1 is 1.43 bits per heavy atom. The van der Waals surface area contributed by atoms with Gasteiger partial charge in [0.15, 0.2) is 0 Å². The highest BCUT2D eigenvalue weighted by molar-refractivity contribution is 7.89. The third-order valence-corrected chi connectivity index (χ3v) is 4.83. The lowest BCUT2D eigenvalue weighted by atomic mass is 9.84. The molecule has 1 aromatic heterocycles. The molecule has 1 amide bonds. The number of nitrogens with zero attached hydrogens (tertiary/aromatic N) is 2. The van der Waals surface area contributed by atoms with Crippen LogP contribution in [0.2, 0.25) is 0 Å². The van der Waals surface area contributed by atoms with Crippen LogP contribution in [0.5, 0.6) is 0 Å². The standard InChI is InChI=1S/C14H23N3O3S/c1-4-16-9-11(21(15,19)20)8-12(16)13(18)17-7-5-6-14(2,3)10-17/h8-9H,4-7,10H2,1-3H3,(H2,15,19,20). The van der Waals surface area contributed by atoms with Gasteiger partial charge in [0, 0.05) is 25.8 Å². The maximum atomic E-state index is 12.7. The first kappa shape index (κ1) is 16.0. The lowest BCUT2D eigenvalue weighted by Gasteiger charge is -2.38. The van der Waals surface area contributed by atoms with Crippen LogP contribution in [0.25, 0.3) is 0 Å². The van der Waals surface area contributed by atoms with Gasteiger partial charge in [0.2, 0.25) is 10.0 Å². The van der Waals surface area contributed by atoms with Crippen molar-refractivity contribution in [2.24, 2.45) is 10.6 Å². The normalized spacial score (nSPS) is 18.8. The van der Waals surface area contributed by atoms with Gasteiger partial charge in [0.25, 0.3) is 5.91 Å². The van der Waals surface area contributed by atoms with Crippen molar-refractivity contribution in [3.63, 3.8) is 0 Å². The quantitative estimate of drug-likeness (QED) is 0.915. The molecule has 21 heavy (non-hydrogen) atoms. The van der Waals surface area contributed by atoms with Gasteiger partial charge in [-0.25, -0.2) is 13.6 Å². The van der Waals surface area contributed by atoms with Gasteiger partial charge in [-0.3, -0.25) is 4.79 Å². The third kappa shape index (κ3) is 3.47. The minimum Gasteiger partial charge on any atom is -0.342 e. The summed E-state index contributed by atoms with van der Waals surface area (Å²) in [6.45, 7) is 8.06. The van der Waals surface area contributed by atoms with Gasteiger partial charge in [0.05, 0.1) is 0 Å². The Balaban J connectivity index is 2.33. The van der Waals surface area contributed by atoms with E-state index in [1.165, 1.54) is 12.3 Å². The summed E-state index contributed by atoms with van der Waals surface area (Å²) in [6, 6.07) is 1.38. The molecule has 1 aliphatic rings. The van der Waals surface area contributed by atoms with Crippen molar-refractivity contribution in [1.82, 2.24) is 9.47 Å². The zero-order valence-corrected chi connectivity index (χ0v) is 13.6. The van der Waals surface area contributed by atoms with Crippen molar-refractivity contribution in [3.8, 4) is 0 Å². The predicted molar refractivity (Wildman–Crippen MR) is 80.4 cm³/mol. The third-order valence-electron chi connectivity index (χ3n) is 3.95. The fourth-order valence-electron chi connectivity index (χ4n) is 2.84. The molecule has 0 aliphatic carbocycles. The van der Waals surface area contributed by atoms with Gasteiger partial charge < -0.3 is 9.47 Å². The van der Waals surface area contributed by atoms with E-state index in [0.717, 1.165) is 12.8 Å². The highest BCUT2D eigenvalue weighted by Crippen LogP contribution is 2.29. The largest absolute Gasteiger partial charge is 0.342 e. The summed E-state index contributed by atoms with van der Waals surface area (Å²) in [7, 11) is -3.79. The molecule has 0 atom stereocenters. The monoisotopic (exact) mass is 313 g/mol. The Morgan fingerprint density at radius 3 is 2.62 bits per heavy atom. The van der Waals surface area contributed by atoms with E-state index in [1.807, 2.05) is 6.92 Å². The molecular formula is C14H23N3O3S. The number of aromatic nitrogens is 1. The number of sulfonamides is 1. The fraction of sp³-hybridized carbons (Fsp3) is 0.643. The molecule has 2 heterocycles. The second-order valence-electron chi connectivity index (χ2n) is 6.39. The number of hydrogen-bond acceptors (Lipinski definition) is 3. The summed E-state index contributed by atoms with van der Waals surface area (Å²) in [6.07, 6.45) is 3.49. The Morgan fingerprint density at radius 2 is 2.10 bits per heavy atom. The molecule has 6 nitrogen and oxygen atoms in total. The van der Waals surface area contributed by atoms with Crippen LogP contribution < -0.4 is 5.14 Å². The molecule has 1 fully saturated rings. The number of carbonyl (C=O) groups is 1. The van der Waals surface area contributed by atoms with E-state index in [9.17, 15) is 13.2 Å². The van der Waals surface area contributed by atoms with E-state index in [-0.39, 0.29) is 16.2 Å². The number of amides is 1. The second kappa shape index (κ2) is 5.46. The molecular weight excluding hydrogens is 290 g/mol. The molecule has 118 valence electrons. The zero-order valence-electron chi connectivity index (χ0n) is 12.8. The summed E-state index contributed by atoms with van der Waals surface area (Å²) in [4.78, 5) is 14.5. The van der Waals surface area contributed by atoms with E-state index in [4.69, 9.17) is 5.14 Å². The number of hydrogen-bond donors (Lipinski definition) is 1. The summed E-state index contributed by atoms with van der Waals surface area (Å²) in [5.74, 6) is -0.125. The number of rotatable bonds is 3. The predicted octanol–water partition coefficient (Wildman–Crippen LogP) is 1.42. The topological polar surface area (TPSA) is 85.4 Å². The van der Waals surface area contributed by atoms with Crippen LogP contribution in [0.1, 0.15) is 44.1 Å². The van der Waals surface area contributed by atoms with E-state index < -0.39 is 10.0 Å². The second-order valence-corrected chi connectivity index (χ2v) is 7.95. The van der Waals surface area contributed by atoms with E-state index in [1.54, 1.807) is 9.47 Å². The number of likely N-dealkylation sites (tertiary alicyclic amines) is 1. The number of carbonyl (C=O) groups excluding carboxylic acids is 1. The van der Waals surface area contributed by atoms with Gasteiger partial charge in [-0.2, -0.15) is 0 Å². The van der Waals surface area contributed by atoms with Crippen LogP contribution in [-0.2, 0) is 16.6 Å². The summed E-state index contributed by atoms with van der Waals surface area (Å²) < 4.78 is 24.6. The first-order chi connectivity index (χ1) is 9.64.